The predicted octanol–water partition coefficient (Wildman–Crippen LogP) is 2.98. The van der Waals surface area contributed by atoms with Crippen LogP contribution in [-0.4, -0.2) is 35.6 Å². The third kappa shape index (κ3) is 3.60. The fourth-order valence-electron chi connectivity index (χ4n) is 2.67. The highest BCUT2D eigenvalue weighted by atomic mass is 79.9. The summed E-state index contributed by atoms with van der Waals surface area (Å²) in [5.74, 6) is 1.25. The first-order valence-electron chi connectivity index (χ1n) is 6.78. The fourth-order valence-corrected chi connectivity index (χ4v) is 3.14. The molecule has 1 atom stereocenters. The summed E-state index contributed by atoms with van der Waals surface area (Å²) in [5, 5.41) is 9.00. The van der Waals surface area contributed by atoms with Gasteiger partial charge in [0.2, 0.25) is 0 Å². The van der Waals surface area contributed by atoms with E-state index in [9.17, 15) is 4.79 Å². The van der Waals surface area contributed by atoms with Crippen LogP contribution >= 0.6 is 15.9 Å². The topological polar surface area (TPSA) is 53.7 Å². The van der Waals surface area contributed by atoms with Crippen molar-refractivity contribution in [3.8, 4) is 0 Å². The van der Waals surface area contributed by atoms with Crippen molar-refractivity contribution in [1.82, 2.24) is 4.90 Å². The minimum absolute atomic E-state index is 0.0524. The van der Waals surface area contributed by atoms with Crippen LogP contribution in [0, 0.1) is 12.8 Å². The van der Waals surface area contributed by atoms with Gasteiger partial charge in [0.15, 0.2) is 4.67 Å². The second-order valence-corrected chi connectivity index (χ2v) is 5.90. The van der Waals surface area contributed by atoms with Gasteiger partial charge in [0, 0.05) is 25.8 Å². The summed E-state index contributed by atoms with van der Waals surface area (Å²) in [6, 6.07) is 1.74. The van der Waals surface area contributed by atoms with Gasteiger partial charge in [0.25, 0.3) is 5.91 Å². The van der Waals surface area contributed by atoms with Crippen molar-refractivity contribution in [3.05, 3.63) is 22.1 Å². The monoisotopic (exact) mass is 329 g/mol. The van der Waals surface area contributed by atoms with Gasteiger partial charge in [-0.2, -0.15) is 0 Å². The zero-order valence-electron chi connectivity index (χ0n) is 11.2. The average Bonchev–Trinajstić information content (AvgIpc) is 2.59. The number of aliphatic hydroxyl groups is 1. The Morgan fingerprint density at radius 1 is 1.53 bits per heavy atom. The number of aliphatic hydroxyl groups excluding tert-OH is 1. The standard InChI is InChI=1S/C14H20BrNO3/c1-10-12(9-13(15)19-10)14(18)16-6-2-3-11(4-7-16)5-8-17/h9,11,17H,2-8H2,1H3. The molecule has 0 aromatic carbocycles. The Balaban J connectivity index is 2.02. The lowest BCUT2D eigenvalue weighted by Gasteiger charge is -2.20. The van der Waals surface area contributed by atoms with E-state index in [1.54, 1.807) is 6.07 Å². The van der Waals surface area contributed by atoms with E-state index in [4.69, 9.17) is 9.52 Å². The lowest BCUT2D eigenvalue weighted by molar-refractivity contribution is 0.0758. The molecule has 1 aliphatic heterocycles. The molecule has 4 nitrogen and oxygen atoms in total. The molecule has 2 heterocycles. The number of halogens is 1. The third-order valence-electron chi connectivity index (χ3n) is 3.79. The van der Waals surface area contributed by atoms with E-state index in [0.29, 0.717) is 21.9 Å². The number of carbonyl (C=O) groups excluding carboxylic acids is 1. The van der Waals surface area contributed by atoms with Gasteiger partial charge in [-0.15, -0.1) is 0 Å². The second-order valence-electron chi connectivity index (χ2n) is 5.12. The second kappa shape index (κ2) is 6.57. The van der Waals surface area contributed by atoms with E-state index in [2.05, 4.69) is 15.9 Å². The number of furan rings is 1. The molecule has 1 fully saturated rings. The molecule has 0 radical (unpaired) electrons. The van der Waals surface area contributed by atoms with Crippen LogP contribution < -0.4 is 0 Å². The number of rotatable bonds is 3. The Morgan fingerprint density at radius 3 is 2.95 bits per heavy atom. The molecular formula is C14H20BrNO3. The maximum Gasteiger partial charge on any atom is 0.257 e. The van der Waals surface area contributed by atoms with Crippen LogP contribution in [0.1, 0.15) is 41.8 Å². The number of hydrogen-bond donors (Lipinski definition) is 1. The molecule has 19 heavy (non-hydrogen) atoms. The summed E-state index contributed by atoms with van der Waals surface area (Å²) >= 11 is 3.26. The van der Waals surface area contributed by atoms with E-state index < -0.39 is 0 Å². The van der Waals surface area contributed by atoms with Crippen molar-refractivity contribution in [1.29, 1.82) is 0 Å². The van der Waals surface area contributed by atoms with E-state index >= 15 is 0 Å². The van der Waals surface area contributed by atoms with Crippen molar-refractivity contribution >= 4 is 21.8 Å². The van der Waals surface area contributed by atoms with Gasteiger partial charge in [-0.25, -0.2) is 0 Å². The zero-order valence-corrected chi connectivity index (χ0v) is 12.8. The summed E-state index contributed by atoms with van der Waals surface area (Å²) in [4.78, 5) is 14.4. The molecule has 0 saturated carbocycles. The number of likely N-dealkylation sites (tertiary alicyclic amines) is 1. The molecule has 1 amide bonds. The molecule has 1 aromatic heterocycles. The van der Waals surface area contributed by atoms with Gasteiger partial charge in [-0.3, -0.25) is 4.79 Å². The minimum atomic E-state index is 0.0524. The first-order valence-corrected chi connectivity index (χ1v) is 7.57. The van der Waals surface area contributed by atoms with E-state index in [1.807, 2.05) is 11.8 Å². The molecule has 1 N–H and O–H groups in total. The van der Waals surface area contributed by atoms with Gasteiger partial charge >= 0.3 is 0 Å². The van der Waals surface area contributed by atoms with Crippen molar-refractivity contribution in [2.45, 2.75) is 32.6 Å². The SMILES string of the molecule is Cc1oc(Br)cc1C(=O)N1CCCC(CCO)CC1. The van der Waals surface area contributed by atoms with Crippen LogP contribution in [0.5, 0.6) is 0 Å². The van der Waals surface area contributed by atoms with Gasteiger partial charge in [-0.05, 0) is 54.5 Å². The van der Waals surface area contributed by atoms with Crippen LogP contribution in [-0.2, 0) is 0 Å². The molecular weight excluding hydrogens is 310 g/mol. The van der Waals surface area contributed by atoms with Crippen LogP contribution in [0.4, 0.5) is 0 Å². The highest BCUT2D eigenvalue weighted by Crippen LogP contribution is 2.24. The molecule has 106 valence electrons. The molecule has 0 aliphatic carbocycles. The third-order valence-corrected chi connectivity index (χ3v) is 4.18. The predicted molar refractivity (Wildman–Crippen MR) is 76.1 cm³/mol. The number of nitrogens with zero attached hydrogens (tertiary/aromatic N) is 1. The molecule has 0 spiro atoms. The molecule has 1 saturated heterocycles. The van der Waals surface area contributed by atoms with Crippen molar-refractivity contribution in [3.63, 3.8) is 0 Å². The van der Waals surface area contributed by atoms with Crippen LogP contribution in [0.15, 0.2) is 15.2 Å². The maximum absolute atomic E-state index is 12.4. The van der Waals surface area contributed by atoms with Crippen molar-refractivity contribution in [2.75, 3.05) is 19.7 Å². The highest BCUT2D eigenvalue weighted by molar-refractivity contribution is 9.10. The van der Waals surface area contributed by atoms with Gasteiger partial charge < -0.3 is 14.4 Å². The fraction of sp³-hybridized carbons (Fsp3) is 0.643. The molecule has 5 heteroatoms. The Kier molecular flexibility index (Phi) is 5.05. The molecule has 2 rings (SSSR count). The summed E-state index contributed by atoms with van der Waals surface area (Å²) in [5.41, 5.74) is 0.646. The zero-order chi connectivity index (χ0) is 13.8. The molecule has 0 bridgehead atoms. The Hall–Kier alpha value is -0.810. The number of carbonyl (C=O) groups is 1. The Bertz CT molecular complexity index is 444. The normalized spacial score (nSPS) is 20.4. The van der Waals surface area contributed by atoms with Gasteiger partial charge in [0.05, 0.1) is 5.56 Å². The summed E-state index contributed by atoms with van der Waals surface area (Å²) in [6.07, 6.45) is 3.93. The highest BCUT2D eigenvalue weighted by Gasteiger charge is 2.24. The first-order chi connectivity index (χ1) is 9.11. The Morgan fingerprint density at radius 2 is 2.32 bits per heavy atom. The average molecular weight is 330 g/mol. The smallest absolute Gasteiger partial charge is 0.257 e. The van der Waals surface area contributed by atoms with Crippen LogP contribution in [0.3, 0.4) is 0 Å². The molecule has 1 aromatic rings. The van der Waals surface area contributed by atoms with Crippen molar-refractivity contribution in [2.24, 2.45) is 5.92 Å². The first kappa shape index (κ1) is 14.6. The molecule has 1 unspecified atom stereocenters. The van der Waals surface area contributed by atoms with E-state index in [1.165, 1.54) is 0 Å². The van der Waals surface area contributed by atoms with Gasteiger partial charge in [-0.1, -0.05) is 0 Å². The van der Waals surface area contributed by atoms with Crippen LogP contribution in [0.25, 0.3) is 0 Å². The summed E-state index contributed by atoms with van der Waals surface area (Å²) in [7, 11) is 0. The number of hydrogen-bond acceptors (Lipinski definition) is 3. The maximum atomic E-state index is 12.4. The van der Waals surface area contributed by atoms with Crippen molar-refractivity contribution < 1.29 is 14.3 Å². The lowest BCUT2D eigenvalue weighted by atomic mass is 9.98. The Labute approximate surface area is 121 Å². The van der Waals surface area contributed by atoms with E-state index in [-0.39, 0.29) is 12.5 Å². The van der Waals surface area contributed by atoms with Crippen LogP contribution in [0.2, 0.25) is 0 Å². The lowest BCUT2D eigenvalue weighted by Crippen LogP contribution is -2.32. The minimum Gasteiger partial charge on any atom is -0.454 e. The van der Waals surface area contributed by atoms with E-state index in [0.717, 1.165) is 38.8 Å². The number of aryl methyl sites for hydroxylation is 1. The largest absolute Gasteiger partial charge is 0.454 e. The summed E-state index contributed by atoms with van der Waals surface area (Å²) < 4.78 is 5.95. The number of amides is 1. The van der Waals surface area contributed by atoms with Gasteiger partial charge in [0.1, 0.15) is 5.76 Å². The molecule has 1 aliphatic rings. The summed E-state index contributed by atoms with van der Waals surface area (Å²) in [6.45, 7) is 3.62. The quantitative estimate of drug-likeness (QED) is 0.927.